The molecule has 0 aliphatic rings. The van der Waals surface area contributed by atoms with Gasteiger partial charge in [0.2, 0.25) is 11.7 Å². The standard InChI is InChI=1S/C27H27N5O5/c1-3-19(4-2)29-24(33)21-14-20(31-32-21)17-11-8-12-18(13-17)26-28-15-22(37-26)25(34)30-23(27(35)36)16-9-6-5-7-10-16/h5-15,19,23H,3-4H2,1-2H3,(H,29,33)(H,30,34)(H,31,32)(H,35,36)/t23-/m0/s1. The van der Waals surface area contributed by atoms with Crippen LogP contribution in [-0.2, 0) is 4.79 Å². The second-order valence-electron chi connectivity index (χ2n) is 8.42. The summed E-state index contributed by atoms with van der Waals surface area (Å²) in [5, 5.41) is 22.0. The van der Waals surface area contributed by atoms with Crippen LogP contribution in [-0.4, -0.2) is 44.1 Å². The lowest BCUT2D eigenvalue weighted by Gasteiger charge is -2.13. The first-order valence-corrected chi connectivity index (χ1v) is 11.9. The highest BCUT2D eigenvalue weighted by atomic mass is 16.4. The maximum absolute atomic E-state index is 12.7. The maximum atomic E-state index is 12.7. The molecule has 0 bridgehead atoms. The third-order valence-corrected chi connectivity index (χ3v) is 5.93. The molecule has 0 aliphatic carbocycles. The van der Waals surface area contributed by atoms with Crippen LogP contribution in [0.15, 0.2) is 71.3 Å². The molecular weight excluding hydrogens is 474 g/mol. The molecule has 4 N–H and O–H groups in total. The largest absolute Gasteiger partial charge is 0.479 e. The van der Waals surface area contributed by atoms with Gasteiger partial charge in [0.1, 0.15) is 5.69 Å². The Balaban J connectivity index is 1.49. The molecule has 0 saturated carbocycles. The van der Waals surface area contributed by atoms with Crippen molar-refractivity contribution in [3.05, 3.63) is 83.9 Å². The highest BCUT2D eigenvalue weighted by molar-refractivity contribution is 5.95. The monoisotopic (exact) mass is 501 g/mol. The highest BCUT2D eigenvalue weighted by Crippen LogP contribution is 2.26. The van der Waals surface area contributed by atoms with Crippen LogP contribution in [0.1, 0.15) is 59.3 Å². The third kappa shape index (κ3) is 5.92. The smallest absolute Gasteiger partial charge is 0.330 e. The molecule has 2 aromatic heterocycles. The minimum atomic E-state index is -1.23. The van der Waals surface area contributed by atoms with Crippen LogP contribution in [0.2, 0.25) is 0 Å². The molecule has 10 heteroatoms. The number of carbonyl (C=O) groups is 3. The molecular formula is C27H27N5O5. The summed E-state index contributed by atoms with van der Waals surface area (Å²) in [5.74, 6) is -2.06. The van der Waals surface area contributed by atoms with E-state index in [1.54, 1.807) is 54.6 Å². The third-order valence-electron chi connectivity index (χ3n) is 5.93. The Kier molecular flexibility index (Phi) is 7.77. The van der Waals surface area contributed by atoms with Crippen molar-refractivity contribution in [3.63, 3.8) is 0 Å². The average molecular weight is 502 g/mol. The summed E-state index contributed by atoms with van der Waals surface area (Å²) in [5.41, 5.74) is 2.65. The van der Waals surface area contributed by atoms with Gasteiger partial charge in [-0.1, -0.05) is 56.3 Å². The predicted molar refractivity (Wildman–Crippen MR) is 136 cm³/mol. The van der Waals surface area contributed by atoms with Gasteiger partial charge in [0.15, 0.2) is 6.04 Å². The van der Waals surface area contributed by atoms with E-state index in [1.165, 1.54) is 6.20 Å². The number of nitrogens with one attached hydrogen (secondary N) is 3. The number of aliphatic carboxylic acids is 1. The van der Waals surface area contributed by atoms with Gasteiger partial charge >= 0.3 is 5.97 Å². The van der Waals surface area contributed by atoms with Gasteiger partial charge in [-0.25, -0.2) is 9.78 Å². The number of amides is 2. The number of carboxylic acid groups (broad SMARTS) is 1. The number of oxazole rings is 1. The van der Waals surface area contributed by atoms with Crippen molar-refractivity contribution in [2.75, 3.05) is 0 Å². The summed E-state index contributed by atoms with van der Waals surface area (Å²) >= 11 is 0. The average Bonchev–Trinajstić information content (AvgIpc) is 3.61. The Bertz CT molecular complexity index is 1390. The summed E-state index contributed by atoms with van der Waals surface area (Å²) in [6.45, 7) is 4.04. The Morgan fingerprint density at radius 1 is 0.946 bits per heavy atom. The van der Waals surface area contributed by atoms with Gasteiger partial charge in [0.05, 0.1) is 11.9 Å². The number of hydrogen-bond donors (Lipinski definition) is 4. The van der Waals surface area contributed by atoms with Crippen molar-refractivity contribution in [3.8, 4) is 22.7 Å². The van der Waals surface area contributed by atoms with E-state index in [2.05, 4.69) is 25.8 Å². The van der Waals surface area contributed by atoms with Gasteiger partial charge in [0.25, 0.3) is 11.8 Å². The van der Waals surface area contributed by atoms with Crippen LogP contribution in [0.4, 0.5) is 0 Å². The van der Waals surface area contributed by atoms with Crippen molar-refractivity contribution in [2.45, 2.75) is 38.8 Å². The van der Waals surface area contributed by atoms with Crippen LogP contribution in [0.5, 0.6) is 0 Å². The number of aromatic nitrogens is 3. The number of benzene rings is 2. The molecule has 0 fully saturated rings. The number of aromatic amines is 1. The van der Waals surface area contributed by atoms with E-state index in [9.17, 15) is 19.5 Å². The Morgan fingerprint density at radius 3 is 2.38 bits per heavy atom. The first-order chi connectivity index (χ1) is 17.9. The predicted octanol–water partition coefficient (Wildman–Crippen LogP) is 4.21. The van der Waals surface area contributed by atoms with E-state index in [0.717, 1.165) is 18.4 Å². The molecule has 0 radical (unpaired) electrons. The summed E-state index contributed by atoms with van der Waals surface area (Å²) in [7, 11) is 0. The number of nitrogens with zero attached hydrogens (tertiary/aromatic N) is 2. The van der Waals surface area contributed by atoms with Crippen LogP contribution in [0.3, 0.4) is 0 Å². The fraction of sp³-hybridized carbons (Fsp3) is 0.222. The SMILES string of the molecule is CCC(CC)NC(=O)c1cc(-c2cccc(-c3ncc(C(=O)N[C@H](C(=O)O)c4ccccc4)o3)c2)n[nH]1. The van der Waals surface area contributed by atoms with Gasteiger partial charge < -0.3 is 20.2 Å². The molecule has 1 atom stereocenters. The van der Waals surface area contributed by atoms with E-state index in [0.29, 0.717) is 22.5 Å². The topological polar surface area (TPSA) is 150 Å². The number of H-pyrrole nitrogens is 1. The first-order valence-electron chi connectivity index (χ1n) is 11.9. The van der Waals surface area contributed by atoms with Gasteiger partial charge in [-0.2, -0.15) is 5.10 Å². The van der Waals surface area contributed by atoms with E-state index in [4.69, 9.17) is 4.42 Å². The van der Waals surface area contributed by atoms with Crippen LogP contribution in [0.25, 0.3) is 22.7 Å². The molecule has 0 saturated heterocycles. The zero-order chi connectivity index (χ0) is 26.4. The molecule has 0 aliphatic heterocycles. The number of carboxylic acids is 1. The van der Waals surface area contributed by atoms with E-state index in [1.807, 2.05) is 19.9 Å². The molecule has 2 aromatic carbocycles. The fourth-order valence-corrected chi connectivity index (χ4v) is 3.80. The molecule has 4 aromatic rings. The zero-order valence-corrected chi connectivity index (χ0v) is 20.4. The molecule has 37 heavy (non-hydrogen) atoms. The zero-order valence-electron chi connectivity index (χ0n) is 20.4. The number of rotatable bonds is 10. The summed E-state index contributed by atoms with van der Waals surface area (Å²) in [4.78, 5) is 41.1. The second-order valence-corrected chi connectivity index (χ2v) is 8.42. The van der Waals surface area contributed by atoms with Gasteiger partial charge in [-0.15, -0.1) is 0 Å². The molecule has 0 unspecified atom stereocenters. The van der Waals surface area contributed by atoms with E-state index in [-0.39, 0.29) is 23.6 Å². The Labute approximate surface area is 213 Å². The van der Waals surface area contributed by atoms with Crippen molar-refractivity contribution >= 4 is 17.8 Å². The van der Waals surface area contributed by atoms with E-state index < -0.39 is 17.9 Å². The number of carbonyl (C=O) groups excluding carboxylic acids is 2. The molecule has 2 heterocycles. The quantitative estimate of drug-likeness (QED) is 0.254. The van der Waals surface area contributed by atoms with E-state index >= 15 is 0 Å². The number of hydrogen-bond acceptors (Lipinski definition) is 6. The lowest BCUT2D eigenvalue weighted by molar-refractivity contribution is -0.139. The summed E-state index contributed by atoms with van der Waals surface area (Å²) in [6.07, 6.45) is 2.92. The fourth-order valence-electron chi connectivity index (χ4n) is 3.80. The van der Waals surface area contributed by atoms with Crippen LogP contribution >= 0.6 is 0 Å². The molecule has 2 amide bonds. The van der Waals surface area contributed by atoms with Crippen molar-refractivity contribution < 1.29 is 23.9 Å². The van der Waals surface area contributed by atoms with Crippen molar-refractivity contribution in [2.24, 2.45) is 0 Å². The highest BCUT2D eigenvalue weighted by Gasteiger charge is 2.24. The van der Waals surface area contributed by atoms with Gasteiger partial charge in [-0.3, -0.25) is 14.7 Å². The molecule has 4 rings (SSSR count). The minimum absolute atomic E-state index is 0.0949. The first kappa shape index (κ1) is 25.4. The van der Waals surface area contributed by atoms with Gasteiger partial charge in [0, 0.05) is 17.2 Å². The summed E-state index contributed by atoms with van der Waals surface area (Å²) in [6, 6.07) is 16.0. The minimum Gasteiger partial charge on any atom is -0.479 e. The van der Waals surface area contributed by atoms with Crippen molar-refractivity contribution in [1.29, 1.82) is 0 Å². The molecule has 190 valence electrons. The van der Waals surface area contributed by atoms with Crippen LogP contribution in [0, 0.1) is 0 Å². The normalized spacial score (nSPS) is 11.8. The van der Waals surface area contributed by atoms with Crippen molar-refractivity contribution in [1.82, 2.24) is 25.8 Å². The summed E-state index contributed by atoms with van der Waals surface area (Å²) < 4.78 is 5.64. The Hall–Kier alpha value is -4.73. The maximum Gasteiger partial charge on any atom is 0.330 e. The molecule has 10 nitrogen and oxygen atoms in total. The lowest BCUT2D eigenvalue weighted by Crippen LogP contribution is -2.33. The second kappa shape index (κ2) is 11.3. The van der Waals surface area contributed by atoms with Gasteiger partial charge in [-0.05, 0) is 36.6 Å². The van der Waals surface area contributed by atoms with Crippen LogP contribution < -0.4 is 10.6 Å². The lowest BCUT2D eigenvalue weighted by atomic mass is 10.1. The Morgan fingerprint density at radius 2 is 1.68 bits per heavy atom. The molecule has 0 spiro atoms.